The molecule has 0 bridgehead atoms. The highest BCUT2D eigenvalue weighted by atomic mass is 16.5. The number of hydrogen-bond acceptors (Lipinski definition) is 6. The van der Waals surface area contributed by atoms with Crippen LogP contribution in [0.25, 0.3) is 0 Å². The highest BCUT2D eigenvalue weighted by molar-refractivity contribution is 6.02. The molecule has 9 nitrogen and oxygen atoms in total. The monoisotopic (exact) mass is 311 g/mol. The number of nitrogens with one attached hydrogen (secondary N) is 1. The quantitative estimate of drug-likeness (QED) is 0.615. The second-order valence-electron chi connectivity index (χ2n) is 5.28. The van der Waals surface area contributed by atoms with Crippen LogP contribution < -0.4 is 5.32 Å². The van der Waals surface area contributed by atoms with E-state index in [-0.39, 0.29) is 18.4 Å². The molecular weight excluding hydrogens is 290 g/mol. The van der Waals surface area contributed by atoms with Crippen LogP contribution >= 0.6 is 0 Å². The summed E-state index contributed by atoms with van der Waals surface area (Å²) in [6.07, 6.45) is 1.61. The van der Waals surface area contributed by atoms with Crippen molar-refractivity contribution in [2.75, 3.05) is 40.9 Å². The van der Waals surface area contributed by atoms with Crippen molar-refractivity contribution in [3.05, 3.63) is 0 Å². The van der Waals surface area contributed by atoms with Gasteiger partial charge in [-0.1, -0.05) is 0 Å². The first-order valence-electron chi connectivity index (χ1n) is 7.06. The number of aliphatic imine (C=N–C) groups is 1. The van der Waals surface area contributed by atoms with Crippen LogP contribution in [0.15, 0.2) is 4.99 Å². The first-order valence-corrected chi connectivity index (χ1v) is 7.06. The normalized spacial score (nSPS) is 24.0. The number of fused-ring (bicyclic) bond motifs is 1. The summed E-state index contributed by atoms with van der Waals surface area (Å²) in [6.45, 7) is 1.11. The molecule has 0 aromatic heterocycles. The highest BCUT2D eigenvalue weighted by Gasteiger charge is 2.48. The first-order chi connectivity index (χ1) is 10.5. The zero-order chi connectivity index (χ0) is 16.3. The summed E-state index contributed by atoms with van der Waals surface area (Å²) < 4.78 is 4.90. The Balaban J connectivity index is 1.93. The molecule has 2 aliphatic rings. The number of likely N-dealkylation sites (N-methyl/N-ethyl adjacent to an activating group) is 2. The lowest BCUT2D eigenvalue weighted by atomic mass is 10.1. The fourth-order valence-electron chi connectivity index (χ4n) is 2.51. The molecule has 2 atom stereocenters. The molecule has 0 aromatic carbocycles. The Labute approximate surface area is 128 Å². The second kappa shape index (κ2) is 6.73. The Morgan fingerprint density at radius 2 is 2.14 bits per heavy atom. The smallest absolute Gasteiger partial charge is 0.328 e. The van der Waals surface area contributed by atoms with E-state index in [1.807, 2.05) is 0 Å². The van der Waals surface area contributed by atoms with Crippen LogP contribution in [-0.4, -0.2) is 92.0 Å². The molecule has 0 aliphatic carbocycles. The van der Waals surface area contributed by atoms with Crippen molar-refractivity contribution in [1.82, 2.24) is 20.0 Å². The van der Waals surface area contributed by atoms with Gasteiger partial charge in [0.1, 0.15) is 0 Å². The van der Waals surface area contributed by atoms with Gasteiger partial charge in [0, 0.05) is 34.4 Å². The Hall–Kier alpha value is -2.16. The summed E-state index contributed by atoms with van der Waals surface area (Å²) in [5.74, 6) is -0.545. The minimum atomic E-state index is -0.641. The van der Waals surface area contributed by atoms with E-state index in [0.29, 0.717) is 13.2 Å². The summed E-state index contributed by atoms with van der Waals surface area (Å²) in [5, 5.41) is 2.76. The average molecular weight is 311 g/mol. The number of rotatable bonds is 6. The number of urea groups is 1. The van der Waals surface area contributed by atoms with E-state index in [2.05, 4.69) is 10.3 Å². The largest absolute Gasteiger partial charge is 0.385 e. The Morgan fingerprint density at radius 1 is 1.41 bits per heavy atom. The molecule has 122 valence electrons. The standard InChI is InChI=1S/C13H21N5O4/c1-16-11-10(12(20)17(2)13(16)21)18(8-15-11)7-9(19)14-5-4-6-22-3/h8,10-11H,4-7H2,1-3H3,(H,14,19). The highest BCUT2D eigenvalue weighted by Crippen LogP contribution is 2.23. The van der Waals surface area contributed by atoms with E-state index in [1.165, 1.54) is 18.3 Å². The molecule has 22 heavy (non-hydrogen) atoms. The number of amides is 4. The molecule has 2 unspecified atom stereocenters. The molecular formula is C13H21N5O4. The van der Waals surface area contributed by atoms with Crippen molar-refractivity contribution < 1.29 is 19.1 Å². The fourth-order valence-corrected chi connectivity index (χ4v) is 2.51. The van der Waals surface area contributed by atoms with Gasteiger partial charge in [0.15, 0.2) is 12.2 Å². The fraction of sp³-hybridized carbons (Fsp3) is 0.692. The number of nitrogens with zero attached hydrogens (tertiary/aromatic N) is 4. The molecule has 2 heterocycles. The maximum atomic E-state index is 12.3. The van der Waals surface area contributed by atoms with Crippen molar-refractivity contribution in [2.45, 2.75) is 18.6 Å². The molecule has 0 radical (unpaired) electrons. The van der Waals surface area contributed by atoms with E-state index in [1.54, 1.807) is 19.1 Å². The molecule has 1 N–H and O–H groups in total. The van der Waals surface area contributed by atoms with Crippen LogP contribution in [0.3, 0.4) is 0 Å². The zero-order valence-corrected chi connectivity index (χ0v) is 13.0. The van der Waals surface area contributed by atoms with Gasteiger partial charge < -0.3 is 19.9 Å². The summed E-state index contributed by atoms with van der Waals surface area (Å²) in [4.78, 5) is 44.2. The Bertz CT molecular complexity index is 495. The van der Waals surface area contributed by atoms with E-state index in [0.717, 1.165) is 11.3 Å². The van der Waals surface area contributed by atoms with E-state index in [9.17, 15) is 14.4 Å². The predicted octanol–water partition coefficient (Wildman–Crippen LogP) is -1.30. The molecule has 0 aromatic rings. The summed E-state index contributed by atoms with van der Waals surface area (Å²) in [7, 11) is 4.62. The van der Waals surface area contributed by atoms with Crippen molar-refractivity contribution in [2.24, 2.45) is 4.99 Å². The maximum absolute atomic E-state index is 12.3. The van der Waals surface area contributed by atoms with Crippen LogP contribution in [0.1, 0.15) is 6.42 Å². The molecule has 0 saturated carbocycles. The summed E-state index contributed by atoms with van der Waals surface area (Å²) in [5.41, 5.74) is 0. The first kappa shape index (κ1) is 16.2. The molecule has 2 rings (SSSR count). The van der Waals surface area contributed by atoms with Gasteiger partial charge >= 0.3 is 6.03 Å². The van der Waals surface area contributed by atoms with Crippen molar-refractivity contribution in [3.63, 3.8) is 0 Å². The van der Waals surface area contributed by atoms with Crippen molar-refractivity contribution >= 4 is 24.2 Å². The van der Waals surface area contributed by atoms with Crippen LogP contribution in [0, 0.1) is 0 Å². The molecule has 9 heteroatoms. The third-order valence-corrected chi connectivity index (χ3v) is 3.75. The van der Waals surface area contributed by atoms with Gasteiger partial charge in [-0.15, -0.1) is 0 Å². The second-order valence-corrected chi connectivity index (χ2v) is 5.28. The van der Waals surface area contributed by atoms with Crippen molar-refractivity contribution in [1.29, 1.82) is 0 Å². The Kier molecular flexibility index (Phi) is 4.96. The van der Waals surface area contributed by atoms with E-state index in [4.69, 9.17) is 4.74 Å². The third-order valence-electron chi connectivity index (χ3n) is 3.75. The Morgan fingerprint density at radius 3 is 2.82 bits per heavy atom. The van der Waals surface area contributed by atoms with Gasteiger partial charge in [0.2, 0.25) is 5.91 Å². The number of methoxy groups -OCH3 is 1. The molecule has 1 fully saturated rings. The predicted molar refractivity (Wildman–Crippen MR) is 78.2 cm³/mol. The van der Waals surface area contributed by atoms with Crippen LogP contribution in [-0.2, 0) is 14.3 Å². The summed E-state index contributed by atoms with van der Waals surface area (Å²) >= 11 is 0. The minimum Gasteiger partial charge on any atom is -0.385 e. The molecule has 0 spiro atoms. The molecule has 1 saturated heterocycles. The van der Waals surface area contributed by atoms with Gasteiger partial charge in [0.25, 0.3) is 5.91 Å². The lowest BCUT2D eigenvalue weighted by Gasteiger charge is -2.39. The average Bonchev–Trinajstić information content (AvgIpc) is 2.91. The third kappa shape index (κ3) is 3.03. The number of ether oxygens (including phenoxy) is 1. The van der Waals surface area contributed by atoms with E-state index < -0.39 is 18.2 Å². The van der Waals surface area contributed by atoms with Crippen molar-refractivity contribution in [3.8, 4) is 0 Å². The summed E-state index contributed by atoms with van der Waals surface area (Å²) in [6, 6.07) is -1.04. The number of hydrogen-bond donors (Lipinski definition) is 1. The molecule has 4 amide bonds. The van der Waals surface area contributed by atoms with E-state index >= 15 is 0 Å². The zero-order valence-electron chi connectivity index (χ0n) is 13.0. The van der Waals surface area contributed by atoms with Crippen LogP contribution in [0.4, 0.5) is 4.79 Å². The van der Waals surface area contributed by atoms with Crippen LogP contribution in [0.5, 0.6) is 0 Å². The lowest BCUT2D eigenvalue weighted by molar-refractivity contribution is -0.136. The van der Waals surface area contributed by atoms with Gasteiger partial charge in [-0.25, -0.2) is 9.79 Å². The SMILES string of the molecule is COCCCNC(=O)CN1C=NC2C1C(=O)N(C)C(=O)N2C. The number of carbonyl (C=O) groups is 3. The lowest BCUT2D eigenvalue weighted by Crippen LogP contribution is -2.64. The van der Waals surface area contributed by atoms with Gasteiger partial charge in [0.05, 0.1) is 12.9 Å². The van der Waals surface area contributed by atoms with Crippen LogP contribution in [0.2, 0.25) is 0 Å². The molecule has 2 aliphatic heterocycles. The number of carbonyl (C=O) groups excluding carboxylic acids is 3. The van der Waals surface area contributed by atoms with Gasteiger partial charge in [-0.3, -0.25) is 14.5 Å². The number of imide groups is 1. The van der Waals surface area contributed by atoms with Gasteiger partial charge in [-0.05, 0) is 6.42 Å². The topological polar surface area (TPSA) is 94.5 Å². The van der Waals surface area contributed by atoms with Gasteiger partial charge in [-0.2, -0.15) is 0 Å². The maximum Gasteiger partial charge on any atom is 0.328 e. The minimum absolute atomic E-state index is 0.0270.